The van der Waals surface area contributed by atoms with E-state index < -0.39 is 0 Å². The molecule has 0 aromatic rings. The molecule has 4 heteroatoms. The summed E-state index contributed by atoms with van der Waals surface area (Å²) < 4.78 is 6.05. The quantitative estimate of drug-likeness (QED) is 0.865. The SMILES string of the molecule is CC1CNC(C)(CC2CCCN(C(C)C)C2)OC1.Cl. The van der Waals surface area contributed by atoms with Crippen molar-refractivity contribution < 1.29 is 4.74 Å². The minimum atomic E-state index is -0.0861. The summed E-state index contributed by atoms with van der Waals surface area (Å²) in [5, 5.41) is 3.60. The molecule has 114 valence electrons. The topological polar surface area (TPSA) is 24.5 Å². The molecule has 1 N–H and O–H groups in total. The van der Waals surface area contributed by atoms with Gasteiger partial charge in [0.1, 0.15) is 5.72 Å². The number of piperidine rings is 1. The zero-order valence-corrected chi connectivity index (χ0v) is 13.8. The third kappa shape index (κ3) is 4.89. The lowest BCUT2D eigenvalue weighted by Gasteiger charge is -2.43. The largest absolute Gasteiger partial charge is 0.361 e. The maximum absolute atomic E-state index is 6.05. The molecule has 2 saturated heterocycles. The highest BCUT2D eigenvalue weighted by molar-refractivity contribution is 5.85. The van der Waals surface area contributed by atoms with Crippen molar-refractivity contribution in [3.63, 3.8) is 0 Å². The van der Waals surface area contributed by atoms with Crippen LogP contribution in [0.4, 0.5) is 0 Å². The normalized spacial score (nSPS) is 37.1. The monoisotopic (exact) mass is 290 g/mol. The molecular weight excluding hydrogens is 260 g/mol. The summed E-state index contributed by atoms with van der Waals surface area (Å²) in [4.78, 5) is 2.61. The molecule has 3 nitrogen and oxygen atoms in total. The summed E-state index contributed by atoms with van der Waals surface area (Å²) in [7, 11) is 0. The highest BCUT2D eigenvalue weighted by Crippen LogP contribution is 2.29. The Morgan fingerprint density at radius 2 is 2.16 bits per heavy atom. The first kappa shape index (κ1) is 17.2. The highest BCUT2D eigenvalue weighted by Gasteiger charge is 2.34. The van der Waals surface area contributed by atoms with Crippen molar-refractivity contribution in [2.75, 3.05) is 26.2 Å². The van der Waals surface area contributed by atoms with Gasteiger partial charge < -0.3 is 9.64 Å². The van der Waals surface area contributed by atoms with Gasteiger partial charge >= 0.3 is 0 Å². The lowest BCUT2D eigenvalue weighted by atomic mass is 9.88. The van der Waals surface area contributed by atoms with Crippen LogP contribution in [-0.4, -0.2) is 42.9 Å². The summed E-state index contributed by atoms with van der Waals surface area (Å²) >= 11 is 0. The molecular formula is C15H31ClN2O. The molecule has 19 heavy (non-hydrogen) atoms. The van der Waals surface area contributed by atoms with E-state index in [9.17, 15) is 0 Å². The molecule has 0 spiro atoms. The Morgan fingerprint density at radius 1 is 1.42 bits per heavy atom. The van der Waals surface area contributed by atoms with Crippen LogP contribution in [-0.2, 0) is 4.74 Å². The number of ether oxygens (including phenoxy) is 1. The fraction of sp³-hybridized carbons (Fsp3) is 1.00. The van der Waals surface area contributed by atoms with E-state index in [1.807, 2.05) is 0 Å². The number of hydrogen-bond acceptors (Lipinski definition) is 3. The molecule has 2 aliphatic rings. The number of rotatable bonds is 3. The minimum Gasteiger partial charge on any atom is -0.361 e. The second kappa shape index (κ2) is 7.26. The van der Waals surface area contributed by atoms with Gasteiger partial charge in [-0.2, -0.15) is 0 Å². The van der Waals surface area contributed by atoms with E-state index in [1.165, 1.54) is 25.9 Å². The zero-order valence-electron chi connectivity index (χ0n) is 12.9. The molecule has 3 unspecified atom stereocenters. The predicted octanol–water partition coefficient (Wildman–Crippen LogP) is 2.89. The maximum Gasteiger partial charge on any atom is 0.116 e. The Labute approximate surface area is 124 Å². The van der Waals surface area contributed by atoms with E-state index in [2.05, 4.69) is 37.9 Å². The maximum atomic E-state index is 6.05. The number of hydrogen-bond donors (Lipinski definition) is 1. The summed E-state index contributed by atoms with van der Waals surface area (Å²) in [5.41, 5.74) is -0.0861. The van der Waals surface area contributed by atoms with Gasteiger partial charge in [0.2, 0.25) is 0 Å². The number of nitrogens with one attached hydrogen (secondary N) is 1. The predicted molar refractivity (Wildman–Crippen MR) is 82.8 cm³/mol. The average molecular weight is 291 g/mol. The van der Waals surface area contributed by atoms with Crippen molar-refractivity contribution in [3.8, 4) is 0 Å². The lowest BCUT2D eigenvalue weighted by Crippen LogP contribution is -2.54. The molecule has 2 heterocycles. The smallest absolute Gasteiger partial charge is 0.116 e. The molecule has 2 rings (SSSR count). The average Bonchev–Trinajstić information content (AvgIpc) is 2.33. The van der Waals surface area contributed by atoms with E-state index in [-0.39, 0.29) is 18.1 Å². The van der Waals surface area contributed by atoms with Gasteiger partial charge in [-0.25, -0.2) is 0 Å². The van der Waals surface area contributed by atoms with Crippen molar-refractivity contribution in [2.24, 2.45) is 11.8 Å². The summed E-state index contributed by atoms with van der Waals surface area (Å²) in [6.07, 6.45) is 3.86. The third-order valence-corrected chi connectivity index (χ3v) is 4.47. The molecule has 0 aromatic carbocycles. The Balaban J connectivity index is 0.00000180. The summed E-state index contributed by atoms with van der Waals surface area (Å²) in [6, 6.07) is 0.681. The Hall–Kier alpha value is 0.170. The molecule has 2 aliphatic heterocycles. The van der Waals surface area contributed by atoms with E-state index in [0.717, 1.165) is 25.5 Å². The Bertz CT molecular complexity index is 265. The fourth-order valence-electron chi connectivity index (χ4n) is 3.24. The van der Waals surface area contributed by atoms with Gasteiger partial charge in [-0.05, 0) is 58.4 Å². The molecule has 0 aromatic heterocycles. The zero-order chi connectivity index (χ0) is 13.2. The minimum absolute atomic E-state index is 0. The molecule has 0 bridgehead atoms. The van der Waals surface area contributed by atoms with E-state index in [1.54, 1.807) is 0 Å². The van der Waals surface area contributed by atoms with E-state index in [0.29, 0.717) is 12.0 Å². The van der Waals surface area contributed by atoms with Gasteiger partial charge in [-0.3, -0.25) is 5.32 Å². The Morgan fingerprint density at radius 3 is 2.74 bits per heavy atom. The van der Waals surface area contributed by atoms with Gasteiger partial charge in [0.15, 0.2) is 0 Å². The van der Waals surface area contributed by atoms with Crippen LogP contribution >= 0.6 is 12.4 Å². The van der Waals surface area contributed by atoms with Crippen molar-refractivity contribution in [2.45, 2.75) is 58.7 Å². The summed E-state index contributed by atoms with van der Waals surface area (Å²) in [6.45, 7) is 13.6. The lowest BCUT2D eigenvalue weighted by molar-refractivity contribution is -0.117. The standard InChI is InChI=1S/C15H30N2O.ClH/c1-12(2)17-7-5-6-14(10-17)8-15(4)16-9-13(3)11-18-15;/h12-14,16H,5-11H2,1-4H3;1H. The van der Waals surface area contributed by atoms with Crippen LogP contribution in [0, 0.1) is 11.8 Å². The second-order valence-corrected chi connectivity index (χ2v) is 6.83. The highest BCUT2D eigenvalue weighted by atomic mass is 35.5. The Kier molecular flexibility index (Phi) is 6.58. The number of nitrogens with zero attached hydrogens (tertiary/aromatic N) is 1. The third-order valence-electron chi connectivity index (χ3n) is 4.47. The van der Waals surface area contributed by atoms with Crippen LogP contribution in [0.25, 0.3) is 0 Å². The van der Waals surface area contributed by atoms with Crippen LogP contribution in [0.3, 0.4) is 0 Å². The molecule has 0 amide bonds. The first-order valence-corrected chi connectivity index (χ1v) is 7.61. The molecule has 0 saturated carbocycles. The van der Waals surface area contributed by atoms with Crippen LogP contribution < -0.4 is 5.32 Å². The van der Waals surface area contributed by atoms with E-state index >= 15 is 0 Å². The van der Waals surface area contributed by atoms with Gasteiger partial charge in [-0.1, -0.05) is 6.92 Å². The molecule has 3 atom stereocenters. The van der Waals surface area contributed by atoms with Gasteiger partial charge in [0.05, 0.1) is 6.61 Å². The van der Waals surface area contributed by atoms with E-state index in [4.69, 9.17) is 4.74 Å². The summed E-state index contributed by atoms with van der Waals surface area (Å²) in [5.74, 6) is 1.43. The van der Waals surface area contributed by atoms with Crippen LogP contribution in [0.5, 0.6) is 0 Å². The molecule has 2 fully saturated rings. The van der Waals surface area contributed by atoms with Crippen molar-refractivity contribution >= 4 is 12.4 Å². The molecule has 0 radical (unpaired) electrons. The van der Waals surface area contributed by atoms with Crippen LogP contribution in [0.15, 0.2) is 0 Å². The molecule has 0 aliphatic carbocycles. The van der Waals surface area contributed by atoms with Crippen LogP contribution in [0.1, 0.15) is 47.0 Å². The van der Waals surface area contributed by atoms with Gasteiger partial charge in [-0.15, -0.1) is 12.4 Å². The van der Waals surface area contributed by atoms with Crippen molar-refractivity contribution in [1.82, 2.24) is 10.2 Å². The van der Waals surface area contributed by atoms with Gasteiger partial charge in [0.25, 0.3) is 0 Å². The van der Waals surface area contributed by atoms with Crippen molar-refractivity contribution in [3.05, 3.63) is 0 Å². The van der Waals surface area contributed by atoms with Gasteiger partial charge in [0, 0.05) is 19.1 Å². The second-order valence-electron chi connectivity index (χ2n) is 6.83. The number of likely N-dealkylation sites (tertiary alicyclic amines) is 1. The number of halogens is 1. The first-order chi connectivity index (χ1) is 8.48. The first-order valence-electron chi connectivity index (χ1n) is 7.61. The van der Waals surface area contributed by atoms with Crippen LogP contribution in [0.2, 0.25) is 0 Å². The van der Waals surface area contributed by atoms with Crippen molar-refractivity contribution in [1.29, 1.82) is 0 Å². The fourth-order valence-corrected chi connectivity index (χ4v) is 3.24.